The Morgan fingerprint density at radius 1 is 1.67 bits per heavy atom. The molecule has 50 valence electrons. The Balaban J connectivity index is 3.96. The van der Waals surface area contributed by atoms with Crippen LogP contribution < -0.4 is 5.73 Å². The van der Waals surface area contributed by atoms with Gasteiger partial charge in [0.25, 0.3) is 0 Å². The summed E-state index contributed by atoms with van der Waals surface area (Å²) in [7, 11) is 0. The molecule has 0 aromatic carbocycles. The number of nitrogens with two attached hydrogens (primary N) is 1. The third-order valence-electron chi connectivity index (χ3n) is 0.948. The van der Waals surface area contributed by atoms with Crippen molar-refractivity contribution in [1.82, 2.24) is 0 Å². The maximum Gasteiger partial charge on any atom is 0.0177 e. The van der Waals surface area contributed by atoms with Gasteiger partial charge in [0.15, 0.2) is 0 Å². The highest BCUT2D eigenvalue weighted by Gasteiger charge is 1.80. The van der Waals surface area contributed by atoms with Crippen molar-refractivity contribution in [3.63, 3.8) is 0 Å². The third-order valence-corrected chi connectivity index (χ3v) is 0.948. The van der Waals surface area contributed by atoms with Crippen molar-refractivity contribution in [3.05, 3.63) is 36.5 Å². The van der Waals surface area contributed by atoms with E-state index in [1.807, 2.05) is 25.2 Å². The van der Waals surface area contributed by atoms with Crippen LogP contribution in [0.5, 0.6) is 0 Å². The molecular weight excluding hydrogens is 110 g/mol. The summed E-state index contributed by atoms with van der Waals surface area (Å²) in [6, 6.07) is 0. The average molecular weight is 123 g/mol. The molecule has 0 spiro atoms. The highest BCUT2D eigenvalue weighted by atomic mass is 14.5. The molecule has 0 saturated heterocycles. The second-order valence-electron chi connectivity index (χ2n) is 1.68. The molecule has 0 fully saturated rings. The summed E-state index contributed by atoms with van der Waals surface area (Å²) in [6.07, 6.45) is 7.58. The maximum absolute atomic E-state index is 5.38. The Morgan fingerprint density at radius 3 is 2.67 bits per heavy atom. The summed E-state index contributed by atoms with van der Waals surface area (Å²) in [4.78, 5) is 0. The molecule has 0 aliphatic heterocycles. The van der Waals surface area contributed by atoms with Gasteiger partial charge in [0.05, 0.1) is 0 Å². The summed E-state index contributed by atoms with van der Waals surface area (Å²) in [5.74, 6) is 0. The average Bonchev–Trinajstić information content (AvgIpc) is 1.88. The predicted molar refractivity (Wildman–Crippen MR) is 42.1 cm³/mol. The van der Waals surface area contributed by atoms with Gasteiger partial charge in [-0.15, -0.1) is 0 Å². The van der Waals surface area contributed by atoms with Gasteiger partial charge in [0.2, 0.25) is 0 Å². The van der Waals surface area contributed by atoms with E-state index in [0.717, 1.165) is 5.57 Å². The van der Waals surface area contributed by atoms with Gasteiger partial charge in [0.1, 0.15) is 0 Å². The third kappa shape index (κ3) is 3.74. The lowest BCUT2D eigenvalue weighted by Gasteiger charge is -1.91. The minimum Gasteiger partial charge on any atom is -0.326 e. The van der Waals surface area contributed by atoms with Gasteiger partial charge in [-0.1, -0.05) is 30.9 Å². The van der Waals surface area contributed by atoms with Gasteiger partial charge >= 0.3 is 0 Å². The molecule has 0 saturated carbocycles. The van der Waals surface area contributed by atoms with E-state index in [9.17, 15) is 0 Å². The molecule has 0 atom stereocenters. The number of hydrogen-bond donors (Lipinski definition) is 1. The second-order valence-corrected chi connectivity index (χ2v) is 1.68. The first-order chi connectivity index (χ1) is 4.35. The van der Waals surface area contributed by atoms with Gasteiger partial charge in [0, 0.05) is 6.54 Å². The molecular formula is C8H13N. The predicted octanol–water partition coefficient (Wildman–Crippen LogP) is 1.63. The fourth-order valence-corrected chi connectivity index (χ4v) is 0.557. The van der Waals surface area contributed by atoms with E-state index in [1.54, 1.807) is 6.08 Å². The van der Waals surface area contributed by atoms with Crippen LogP contribution in [0.4, 0.5) is 0 Å². The molecule has 9 heavy (non-hydrogen) atoms. The fraction of sp³-hybridized carbons (Fsp3) is 0.250. The van der Waals surface area contributed by atoms with E-state index >= 15 is 0 Å². The molecule has 0 unspecified atom stereocenters. The highest BCUT2D eigenvalue weighted by Crippen LogP contribution is 1.92. The molecule has 0 aromatic heterocycles. The largest absolute Gasteiger partial charge is 0.326 e. The molecule has 0 radical (unpaired) electrons. The topological polar surface area (TPSA) is 26.0 Å². The van der Waals surface area contributed by atoms with Crippen LogP contribution in [0, 0.1) is 0 Å². The van der Waals surface area contributed by atoms with Crippen LogP contribution >= 0.6 is 0 Å². The van der Waals surface area contributed by atoms with Crippen molar-refractivity contribution in [1.29, 1.82) is 0 Å². The molecule has 0 aromatic rings. The Labute approximate surface area is 56.6 Å². The molecule has 1 nitrogen and oxygen atoms in total. The van der Waals surface area contributed by atoms with Crippen LogP contribution in [0.2, 0.25) is 0 Å². The van der Waals surface area contributed by atoms with Crippen molar-refractivity contribution < 1.29 is 0 Å². The fourth-order valence-electron chi connectivity index (χ4n) is 0.557. The van der Waals surface area contributed by atoms with E-state index in [-0.39, 0.29) is 0 Å². The monoisotopic (exact) mass is 123 g/mol. The van der Waals surface area contributed by atoms with Crippen LogP contribution in [0.1, 0.15) is 6.92 Å². The molecule has 2 N–H and O–H groups in total. The van der Waals surface area contributed by atoms with Gasteiger partial charge in [-0.25, -0.2) is 0 Å². The van der Waals surface area contributed by atoms with Crippen molar-refractivity contribution in [2.75, 3.05) is 6.54 Å². The summed E-state index contributed by atoms with van der Waals surface area (Å²) in [6.45, 7) is 6.11. The Kier molecular flexibility index (Phi) is 4.83. The van der Waals surface area contributed by atoms with Crippen LogP contribution in [0.25, 0.3) is 0 Å². The van der Waals surface area contributed by atoms with Crippen LogP contribution in [-0.4, -0.2) is 6.54 Å². The molecule has 1 heteroatoms. The number of hydrogen-bond acceptors (Lipinski definition) is 1. The molecule has 0 aliphatic rings. The first-order valence-electron chi connectivity index (χ1n) is 2.99. The normalized spacial score (nSPS) is 12.4. The second kappa shape index (κ2) is 5.32. The van der Waals surface area contributed by atoms with Crippen molar-refractivity contribution in [2.45, 2.75) is 6.92 Å². The molecule has 0 rings (SSSR count). The van der Waals surface area contributed by atoms with Crippen LogP contribution in [0.15, 0.2) is 36.5 Å². The lowest BCUT2D eigenvalue weighted by atomic mass is 10.2. The van der Waals surface area contributed by atoms with Crippen LogP contribution in [0.3, 0.4) is 0 Å². The SMILES string of the molecule is C=C/C=C(\C=C/C)CN. The molecule has 0 bridgehead atoms. The molecule has 0 heterocycles. The number of rotatable bonds is 3. The zero-order chi connectivity index (χ0) is 7.11. The summed E-state index contributed by atoms with van der Waals surface area (Å²) >= 11 is 0. The zero-order valence-corrected chi connectivity index (χ0v) is 5.80. The number of allylic oxidation sites excluding steroid dienone is 3. The first-order valence-corrected chi connectivity index (χ1v) is 2.99. The minimum atomic E-state index is 0.580. The first kappa shape index (κ1) is 8.18. The van der Waals surface area contributed by atoms with Gasteiger partial charge in [-0.3, -0.25) is 0 Å². The van der Waals surface area contributed by atoms with Gasteiger partial charge in [-0.05, 0) is 12.5 Å². The van der Waals surface area contributed by atoms with Gasteiger partial charge in [-0.2, -0.15) is 0 Å². The standard InChI is InChI=1S/C8H13N/c1-3-5-8(7-9)6-4-2/h3-6H,1,7,9H2,2H3/b6-4-,8-5+. The Morgan fingerprint density at radius 2 is 2.33 bits per heavy atom. The van der Waals surface area contributed by atoms with Crippen molar-refractivity contribution >= 4 is 0 Å². The van der Waals surface area contributed by atoms with E-state index in [1.165, 1.54) is 0 Å². The molecule has 0 aliphatic carbocycles. The van der Waals surface area contributed by atoms with E-state index in [0.29, 0.717) is 6.54 Å². The van der Waals surface area contributed by atoms with Crippen LogP contribution in [-0.2, 0) is 0 Å². The summed E-state index contributed by atoms with van der Waals surface area (Å²) in [5, 5.41) is 0. The maximum atomic E-state index is 5.38. The van der Waals surface area contributed by atoms with E-state index < -0.39 is 0 Å². The highest BCUT2D eigenvalue weighted by molar-refractivity contribution is 5.23. The Bertz CT molecular complexity index is 132. The van der Waals surface area contributed by atoms with E-state index in [2.05, 4.69) is 6.58 Å². The van der Waals surface area contributed by atoms with Crippen molar-refractivity contribution in [3.8, 4) is 0 Å². The summed E-state index contributed by atoms with van der Waals surface area (Å²) < 4.78 is 0. The lowest BCUT2D eigenvalue weighted by molar-refractivity contribution is 1.19. The van der Waals surface area contributed by atoms with Gasteiger partial charge < -0.3 is 5.73 Å². The quantitative estimate of drug-likeness (QED) is 0.567. The minimum absolute atomic E-state index is 0.580. The van der Waals surface area contributed by atoms with Crippen molar-refractivity contribution in [2.24, 2.45) is 5.73 Å². The van der Waals surface area contributed by atoms with E-state index in [4.69, 9.17) is 5.73 Å². The summed E-state index contributed by atoms with van der Waals surface area (Å²) in [5.41, 5.74) is 6.48. The molecule has 0 amide bonds. The smallest absolute Gasteiger partial charge is 0.0177 e. The zero-order valence-electron chi connectivity index (χ0n) is 5.80. The Hall–Kier alpha value is -0.820. The lowest BCUT2D eigenvalue weighted by Crippen LogP contribution is -1.99.